The lowest BCUT2D eigenvalue weighted by molar-refractivity contribution is -0.116. The summed E-state index contributed by atoms with van der Waals surface area (Å²) >= 11 is 0. The van der Waals surface area contributed by atoms with Crippen molar-refractivity contribution >= 4 is 16.7 Å². The van der Waals surface area contributed by atoms with Gasteiger partial charge in [-0.2, -0.15) is 0 Å². The van der Waals surface area contributed by atoms with Crippen molar-refractivity contribution in [3.05, 3.63) is 36.0 Å². The SMILES string of the molecule is CC(=O)Cc1cccc2c1ccn2C. The Morgan fingerprint density at radius 3 is 2.86 bits per heavy atom. The number of fused-ring (bicyclic) bond motifs is 1. The number of benzene rings is 1. The van der Waals surface area contributed by atoms with Gasteiger partial charge in [0, 0.05) is 30.6 Å². The van der Waals surface area contributed by atoms with Crippen molar-refractivity contribution in [1.29, 1.82) is 0 Å². The summed E-state index contributed by atoms with van der Waals surface area (Å²) < 4.78 is 2.07. The molecule has 14 heavy (non-hydrogen) atoms. The molecule has 0 aliphatic heterocycles. The summed E-state index contributed by atoms with van der Waals surface area (Å²) in [7, 11) is 2.01. The van der Waals surface area contributed by atoms with E-state index in [0.717, 1.165) is 5.56 Å². The molecular formula is C12H13NO. The van der Waals surface area contributed by atoms with Gasteiger partial charge in [-0.15, -0.1) is 0 Å². The molecule has 0 amide bonds. The van der Waals surface area contributed by atoms with Crippen LogP contribution < -0.4 is 0 Å². The van der Waals surface area contributed by atoms with E-state index in [-0.39, 0.29) is 5.78 Å². The average molecular weight is 187 g/mol. The number of aryl methyl sites for hydroxylation is 1. The smallest absolute Gasteiger partial charge is 0.134 e. The summed E-state index contributed by atoms with van der Waals surface area (Å²) in [5.74, 6) is 0.210. The van der Waals surface area contributed by atoms with Gasteiger partial charge in [0.25, 0.3) is 0 Å². The lowest BCUT2D eigenvalue weighted by atomic mass is 10.1. The van der Waals surface area contributed by atoms with Crippen molar-refractivity contribution < 1.29 is 4.79 Å². The Kier molecular flexibility index (Phi) is 2.12. The minimum Gasteiger partial charge on any atom is -0.351 e. The molecule has 0 atom stereocenters. The number of rotatable bonds is 2. The quantitative estimate of drug-likeness (QED) is 0.707. The van der Waals surface area contributed by atoms with E-state index in [1.165, 1.54) is 10.9 Å². The van der Waals surface area contributed by atoms with E-state index in [0.29, 0.717) is 6.42 Å². The first-order valence-corrected chi connectivity index (χ1v) is 4.71. The molecule has 2 nitrogen and oxygen atoms in total. The molecule has 1 heterocycles. The van der Waals surface area contributed by atoms with Crippen molar-refractivity contribution in [3.8, 4) is 0 Å². The summed E-state index contributed by atoms with van der Waals surface area (Å²) in [6.07, 6.45) is 2.55. The fourth-order valence-electron chi connectivity index (χ4n) is 1.79. The van der Waals surface area contributed by atoms with Gasteiger partial charge in [0.05, 0.1) is 0 Å². The summed E-state index contributed by atoms with van der Waals surface area (Å²) in [4.78, 5) is 11.1. The van der Waals surface area contributed by atoms with Crippen LogP contribution in [-0.4, -0.2) is 10.4 Å². The average Bonchev–Trinajstić information content (AvgIpc) is 2.49. The highest BCUT2D eigenvalue weighted by Gasteiger charge is 2.04. The molecule has 0 aliphatic rings. The van der Waals surface area contributed by atoms with E-state index in [1.54, 1.807) is 6.92 Å². The zero-order valence-corrected chi connectivity index (χ0v) is 8.45. The minimum atomic E-state index is 0.210. The van der Waals surface area contributed by atoms with Gasteiger partial charge in [0.1, 0.15) is 5.78 Å². The van der Waals surface area contributed by atoms with Crippen molar-refractivity contribution in [3.63, 3.8) is 0 Å². The monoisotopic (exact) mass is 187 g/mol. The normalized spacial score (nSPS) is 10.7. The first-order chi connectivity index (χ1) is 6.68. The van der Waals surface area contributed by atoms with Crippen LogP contribution in [0.4, 0.5) is 0 Å². The van der Waals surface area contributed by atoms with Gasteiger partial charge in [0.15, 0.2) is 0 Å². The maximum Gasteiger partial charge on any atom is 0.134 e. The Morgan fingerprint density at radius 1 is 1.36 bits per heavy atom. The molecule has 0 N–H and O–H groups in total. The highest BCUT2D eigenvalue weighted by molar-refractivity contribution is 5.88. The van der Waals surface area contributed by atoms with Crippen LogP contribution >= 0.6 is 0 Å². The molecule has 0 unspecified atom stereocenters. The van der Waals surface area contributed by atoms with E-state index >= 15 is 0 Å². The Morgan fingerprint density at radius 2 is 2.14 bits per heavy atom. The van der Waals surface area contributed by atoms with Gasteiger partial charge in [0.2, 0.25) is 0 Å². The van der Waals surface area contributed by atoms with E-state index in [2.05, 4.69) is 16.7 Å². The van der Waals surface area contributed by atoms with Gasteiger partial charge in [-0.05, 0) is 24.6 Å². The van der Waals surface area contributed by atoms with Crippen LogP contribution in [0.5, 0.6) is 0 Å². The molecule has 1 aromatic heterocycles. The Balaban J connectivity index is 2.59. The molecular weight excluding hydrogens is 174 g/mol. The van der Waals surface area contributed by atoms with Crippen LogP contribution in [0, 0.1) is 0 Å². The zero-order valence-electron chi connectivity index (χ0n) is 8.45. The molecule has 2 heteroatoms. The molecule has 0 fully saturated rings. The second-order valence-corrected chi connectivity index (χ2v) is 3.66. The van der Waals surface area contributed by atoms with Crippen molar-refractivity contribution in [2.45, 2.75) is 13.3 Å². The molecule has 2 rings (SSSR count). The number of hydrogen-bond acceptors (Lipinski definition) is 1. The molecule has 0 saturated carbocycles. The van der Waals surface area contributed by atoms with Crippen LogP contribution in [0.2, 0.25) is 0 Å². The Hall–Kier alpha value is -1.57. The molecule has 1 aromatic carbocycles. The Bertz CT molecular complexity index is 482. The summed E-state index contributed by atoms with van der Waals surface area (Å²) in [6, 6.07) is 8.15. The maximum absolute atomic E-state index is 11.1. The number of hydrogen-bond donors (Lipinski definition) is 0. The van der Waals surface area contributed by atoms with Crippen molar-refractivity contribution in [1.82, 2.24) is 4.57 Å². The standard InChI is InChI=1S/C12H13NO/c1-9(14)8-10-4-3-5-12-11(10)6-7-13(12)2/h3-7H,8H2,1-2H3. The van der Waals surface area contributed by atoms with Gasteiger partial charge < -0.3 is 4.57 Å². The minimum absolute atomic E-state index is 0.210. The fourth-order valence-corrected chi connectivity index (χ4v) is 1.79. The van der Waals surface area contributed by atoms with Gasteiger partial charge in [-0.3, -0.25) is 4.79 Å². The third-order valence-electron chi connectivity index (χ3n) is 2.46. The van der Waals surface area contributed by atoms with Crippen LogP contribution in [0.25, 0.3) is 10.9 Å². The van der Waals surface area contributed by atoms with E-state index < -0.39 is 0 Å². The number of nitrogens with zero attached hydrogens (tertiary/aromatic N) is 1. The molecule has 0 saturated heterocycles. The number of aromatic nitrogens is 1. The first kappa shape index (κ1) is 9.00. The van der Waals surface area contributed by atoms with Gasteiger partial charge in [-0.1, -0.05) is 12.1 Å². The highest BCUT2D eigenvalue weighted by atomic mass is 16.1. The lowest BCUT2D eigenvalue weighted by Crippen LogP contribution is -1.96. The topological polar surface area (TPSA) is 22.0 Å². The molecule has 0 bridgehead atoms. The number of carbonyl (C=O) groups excluding carboxylic acids is 1. The molecule has 0 spiro atoms. The summed E-state index contributed by atoms with van der Waals surface area (Å²) in [5, 5.41) is 1.19. The van der Waals surface area contributed by atoms with Crippen LogP contribution in [0.1, 0.15) is 12.5 Å². The Labute approximate surface area is 83.2 Å². The number of Topliss-reactive ketones (excluding diaryl/α,β-unsaturated/α-hetero) is 1. The molecule has 0 aliphatic carbocycles. The third kappa shape index (κ3) is 1.43. The van der Waals surface area contributed by atoms with Gasteiger partial charge >= 0.3 is 0 Å². The van der Waals surface area contributed by atoms with Crippen LogP contribution in [-0.2, 0) is 18.3 Å². The lowest BCUT2D eigenvalue weighted by Gasteiger charge is -2.01. The van der Waals surface area contributed by atoms with Crippen molar-refractivity contribution in [2.24, 2.45) is 7.05 Å². The van der Waals surface area contributed by atoms with Crippen molar-refractivity contribution in [2.75, 3.05) is 0 Å². The first-order valence-electron chi connectivity index (χ1n) is 4.71. The zero-order chi connectivity index (χ0) is 10.1. The second kappa shape index (κ2) is 3.29. The predicted molar refractivity (Wildman–Crippen MR) is 57.3 cm³/mol. The molecule has 0 radical (unpaired) electrons. The summed E-state index contributed by atoms with van der Waals surface area (Å²) in [5.41, 5.74) is 2.30. The summed E-state index contributed by atoms with van der Waals surface area (Å²) in [6.45, 7) is 1.63. The largest absolute Gasteiger partial charge is 0.351 e. The number of carbonyl (C=O) groups is 1. The van der Waals surface area contributed by atoms with E-state index in [4.69, 9.17) is 0 Å². The maximum atomic E-state index is 11.1. The third-order valence-corrected chi connectivity index (χ3v) is 2.46. The fraction of sp³-hybridized carbons (Fsp3) is 0.250. The van der Waals surface area contributed by atoms with E-state index in [1.807, 2.05) is 25.4 Å². The molecule has 2 aromatic rings. The van der Waals surface area contributed by atoms with Crippen LogP contribution in [0.3, 0.4) is 0 Å². The number of ketones is 1. The predicted octanol–water partition coefficient (Wildman–Crippen LogP) is 2.31. The molecule has 72 valence electrons. The van der Waals surface area contributed by atoms with E-state index in [9.17, 15) is 4.79 Å². The van der Waals surface area contributed by atoms with Gasteiger partial charge in [-0.25, -0.2) is 0 Å². The highest BCUT2D eigenvalue weighted by Crippen LogP contribution is 2.19. The second-order valence-electron chi connectivity index (χ2n) is 3.66. The van der Waals surface area contributed by atoms with Crippen LogP contribution in [0.15, 0.2) is 30.5 Å².